The minimum absolute atomic E-state index is 1.06. The summed E-state index contributed by atoms with van der Waals surface area (Å²) in [6.45, 7) is 8.54. The molecule has 3 aliphatic heterocycles. The Morgan fingerprint density at radius 3 is 2.58 bits per heavy atom. The lowest BCUT2D eigenvalue weighted by atomic mass is 10.2. The number of hydrogen-bond acceptors (Lipinski definition) is 5. The molecule has 0 radical (unpaired) electrons. The van der Waals surface area contributed by atoms with Crippen molar-refractivity contribution >= 4 is 27.2 Å². The highest BCUT2D eigenvalue weighted by Crippen LogP contribution is 2.31. The van der Waals surface area contributed by atoms with Gasteiger partial charge in [-0.05, 0) is 24.3 Å². The molecule has 2 fully saturated rings. The molecule has 0 atom stereocenters. The van der Waals surface area contributed by atoms with E-state index in [0.29, 0.717) is 0 Å². The molecule has 0 bridgehead atoms. The standard InChI is InChI=1S/C20H24N5S/c1-3-17-19(13-15(1)24-9-5-21-6-10-24)26-20-14-16(2-4-18(20)23-17)25-11-7-22-8-12-25/h1-4,13-14,21-22H,5-12H2/q+1. The molecule has 2 saturated heterocycles. The van der Waals surface area contributed by atoms with Crippen LogP contribution in [0, 0.1) is 0 Å². The predicted molar refractivity (Wildman–Crippen MR) is 109 cm³/mol. The number of piperazine rings is 2. The average Bonchev–Trinajstić information content (AvgIpc) is 2.73. The lowest BCUT2D eigenvalue weighted by Gasteiger charge is -2.29. The number of hydrogen-bond donors (Lipinski definition) is 2. The van der Waals surface area contributed by atoms with E-state index in [1.165, 1.54) is 20.6 Å². The summed E-state index contributed by atoms with van der Waals surface area (Å²) >= 11 is 1.86. The van der Waals surface area contributed by atoms with Gasteiger partial charge in [-0.2, -0.15) is 0 Å². The fourth-order valence-electron chi connectivity index (χ4n) is 3.84. The van der Waals surface area contributed by atoms with Crippen LogP contribution < -0.4 is 25.5 Å². The molecule has 0 spiro atoms. The molecular formula is C20H24N5S+. The molecule has 26 heavy (non-hydrogen) atoms. The summed E-state index contributed by atoms with van der Waals surface area (Å²) in [6, 6.07) is 13.4. The first-order chi connectivity index (χ1) is 12.9. The van der Waals surface area contributed by atoms with Gasteiger partial charge < -0.3 is 15.5 Å². The predicted octanol–water partition coefficient (Wildman–Crippen LogP) is 1.19. The van der Waals surface area contributed by atoms with Crippen LogP contribution in [0.2, 0.25) is 0 Å². The second kappa shape index (κ2) is 6.95. The van der Waals surface area contributed by atoms with Gasteiger partial charge in [0.1, 0.15) is 0 Å². The third-order valence-electron chi connectivity index (χ3n) is 5.31. The van der Waals surface area contributed by atoms with E-state index in [9.17, 15) is 0 Å². The fraction of sp³-hybridized carbons (Fsp3) is 0.400. The normalized spacial score (nSPS) is 18.6. The van der Waals surface area contributed by atoms with Crippen LogP contribution in [0.1, 0.15) is 0 Å². The van der Waals surface area contributed by atoms with Gasteiger partial charge in [0.15, 0.2) is 13.1 Å². The molecule has 0 saturated carbocycles. The molecule has 0 unspecified atom stereocenters. The quantitative estimate of drug-likeness (QED) is 0.502. The Balaban J connectivity index is 1.59. The number of nitrogens with zero attached hydrogens (tertiary/aromatic N) is 3. The van der Waals surface area contributed by atoms with Crippen molar-refractivity contribution in [1.29, 1.82) is 0 Å². The van der Waals surface area contributed by atoms with Crippen LogP contribution in [0.4, 0.5) is 5.69 Å². The van der Waals surface area contributed by atoms with Gasteiger partial charge in [0, 0.05) is 44.0 Å². The zero-order chi connectivity index (χ0) is 17.3. The van der Waals surface area contributed by atoms with E-state index in [0.717, 1.165) is 63.6 Å². The lowest BCUT2D eigenvalue weighted by Crippen LogP contribution is -2.45. The molecule has 134 valence electrons. The summed E-state index contributed by atoms with van der Waals surface area (Å²) in [7, 11) is 0. The molecule has 5 nitrogen and oxygen atoms in total. The van der Waals surface area contributed by atoms with Crippen molar-refractivity contribution in [2.24, 2.45) is 0 Å². The Labute approximate surface area is 157 Å². The van der Waals surface area contributed by atoms with E-state index >= 15 is 0 Å². The Morgan fingerprint density at radius 2 is 1.73 bits per heavy atom. The minimum Gasteiger partial charge on any atom is -0.369 e. The molecule has 6 heteroatoms. The Hall–Kier alpha value is -2.02. The number of benzene rings is 2. The zero-order valence-electron chi connectivity index (χ0n) is 14.9. The molecule has 1 aromatic carbocycles. The highest BCUT2D eigenvalue weighted by atomic mass is 32.1. The molecule has 0 aromatic heterocycles. The number of fused-ring (bicyclic) bond motifs is 2. The van der Waals surface area contributed by atoms with Gasteiger partial charge in [0.2, 0.25) is 5.36 Å². The maximum atomic E-state index is 4.90. The Bertz CT molecular complexity index is 965. The van der Waals surface area contributed by atoms with E-state index in [4.69, 9.17) is 4.98 Å². The zero-order valence-corrected chi connectivity index (χ0v) is 15.7. The minimum atomic E-state index is 1.06. The first-order valence-corrected chi connectivity index (χ1v) is 10.3. The van der Waals surface area contributed by atoms with E-state index in [-0.39, 0.29) is 0 Å². The molecule has 5 rings (SSSR count). The van der Waals surface area contributed by atoms with E-state index in [1.54, 1.807) is 0 Å². The van der Waals surface area contributed by atoms with Crippen LogP contribution >= 0.6 is 11.3 Å². The first-order valence-electron chi connectivity index (χ1n) is 9.46. The van der Waals surface area contributed by atoms with Crippen molar-refractivity contribution in [3.05, 3.63) is 41.8 Å². The summed E-state index contributed by atoms with van der Waals surface area (Å²) in [5.74, 6) is 0. The highest BCUT2D eigenvalue weighted by molar-refractivity contribution is 7.21. The van der Waals surface area contributed by atoms with Crippen molar-refractivity contribution in [1.82, 2.24) is 20.2 Å². The number of rotatable bonds is 1. The van der Waals surface area contributed by atoms with Gasteiger partial charge in [0.25, 0.3) is 0 Å². The summed E-state index contributed by atoms with van der Waals surface area (Å²) in [5, 5.41) is 8.16. The second-order valence-electron chi connectivity index (χ2n) is 6.99. The Kier molecular flexibility index (Phi) is 4.32. The largest absolute Gasteiger partial charge is 0.369 e. The van der Waals surface area contributed by atoms with Gasteiger partial charge in [-0.1, -0.05) is 0 Å². The lowest BCUT2D eigenvalue weighted by molar-refractivity contribution is 0.467. The molecule has 2 N–H and O–H groups in total. The number of anilines is 1. The maximum absolute atomic E-state index is 4.90. The van der Waals surface area contributed by atoms with Gasteiger partial charge >= 0.3 is 0 Å². The smallest absolute Gasteiger partial charge is 0.201 e. The van der Waals surface area contributed by atoms with Crippen LogP contribution in [0.25, 0.3) is 20.8 Å². The van der Waals surface area contributed by atoms with Gasteiger partial charge in [-0.3, -0.25) is 0 Å². The van der Waals surface area contributed by atoms with E-state index in [1.807, 2.05) is 11.3 Å². The number of nitrogens with one attached hydrogen (secondary N) is 2. The van der Waals surface area contributed by atoms with Gasteiger partial charge in [-0.25, -0.2) is 9.56 Å². The maximum Gasteiger partial charge on any atom is 0.201 e. The van der Waals surface area contributed by atoms with Crippen molar-refractivity contribution in [3.63, 3.8) is 0 Å². The van der Waals surface area contributed by atoms with E-state index < -0.39 is 0 Å². The monoisotopic (exact) mass is 366 g/mol. The average molecular weight is 367 g/mol. The second-order valence-corrected chi connectivity index (χ2v) is 8.08. The first kappa shape index (κ1) is 16.2. The topological polar surface area (TPSA) is 43.2 Å². The third kappa shape index (κ3) is 3.09. The molecule has 1 aliphatic carbocycles. The summed E-state index contributed by atoms with van der Waals surface area (Å²) < 4.78 is 3.73. The van der Waals surface area contributed by atoms with Gasteiger partial charge in [-0.15, -0.1) is 11.3 Å². The third-order valence-corrected chi connectivity index (χ3v) is 6.41. The number of aromatic nitrogens is 1. The van der Waals surface area contributed by atoms with Crippen LogP contribution in [0.3, 0.4) is 0 Å². The molecule has 0 amide bonds. The van der Waals surface area contributed by atoms with Crippen molar-refractivity contribution in [2.75, 3.05) is 57.3 Å². The summed E-state index contributed by atoms with van der Waals surface area (Å²) in [6.07, 6.45) is 0. The van der Waals surface area contributed by atoms with Gasteiger partial charge in [0.05, 0.1) is 33.9 Å². The fourth-order valence-corrected chi connectivity index (χ4v) is 4.87. The molecule has 1 aromatic rings. The van der Waals surface area contributed by atoms with Crippen molar-refractivity contribution in [2.45, 2.75) is 0 Å². The van der Waals surface area contributed by atoms with Crippen LogP contribution in [-0.2, 0) is 0 Å². The Morgan fingerprint density at radius 1 is 0.923 bits per heavy atom. The molecular weight excluding hydrogens is 342 g/mol. The molecule has 3 heterocycles. The summed E-state index contributed by atoms with van der Waals surface area (Å²) in [4.78, 5) is 8.63. The van der Waals surface area contributed by atoms with Crippen LogP contribution in [-0.4, -0.2) is 57.3 Å². The van der Waals surface area contributed by atoms with Crippen LogP contribution in [0.15, 0.2) is 36.4 Å². The van der Waals surface area contributed by atoms with Crippen LogP contribution in [0.5, 0.6) is 0 Å². The highest BCUT2D eigenvalue weighted by Gasteiger charge is 2.15. The summed E-state index contributed by atoms with van der Waals surface area (Å²) in [5.41, 5.74) is 3.50. The van der Waals surface area contributed by atoms with E-state index in [2.05, 4.69) is 56.5 Å². The molecule has 4 aliphatic rings. The van der Waals surface area contributed by atoms with Crippen molar-refractivity contribution in [3.8, 4) is 10.6 Å². The van der Waals surface area contributed by atoms with Crippen molar-refractivity contribution < 1.29 is 0 Å². The SMILES string of the molecule is c1cc2nc3ccc(=[N+]4CCNCC4)cc-3sc2cc1N1CCNCC1.